The van der Waals surface area contributed by atoms with Crippen LogP contribution in [-0.4, -0.2) is 15.9 Å². The van der Waals surface area contributed by atoms with E-state index >= 15 is 0 Å². The van der Waals surface area contributed by atoms with Crippen molar-refractivity contribution < 1.29 is 4.79 Å². The Morgan fingerprint density at radius 1 is 1.60 bits per heavy atom. The Hall–Kier alpha value is 0.200. The van der Waals surface area contributed by atoms with Gasteiger partial charge < -0.3 is 5.32 Å². The van der Waals surface area contributed by atoms with E-state index in [1.54, 1.807) is 6.92 Å². The first-order valence-electron chi connectivity index (χ1n) is 3.59. The summed E-state index contributed by atoms with van der Waals surface area (Å²) in [4.78, 5) is 10.6. The van der Waals surface area contributed by atoms with Crippen molar-refractivity contribution in [3.05, 3.63) is 0 Å². The predicted molar refractivity (Wildman–Crippen MR) is 49.3 cm³/mol. The Morgan fingerprint density at radius 3 is 2.70 bits per heavy atom. The summed E-state index contributed by atoms with van der Waals surface area (Å²) in [5, 5.41) is 2.93. The molecule has 0 saturated heterocycles. The first-order chi connectivity index (χ1) is 4.68. The van der Waals surface area contributed by atoms with Crippen LogP contribution in [0.4, 0.5) is 0 Å². The van der Waals surface area contributed by atoms with E-state index in [2.05, 4.69) is 27.9 Å². The van der Waals surface area contributed by atoms with Crippen LogP contribution < -0.4 is 5.32 Å². The fourth-order valence-corrected chi connectivity index (χ4v) is 2.32. The molecule has 2 atom stereocenters. The third kappa shape index (κ3) is 2.44. The molecule has 0 aromatic carbocycles. The average Bonchev–Trinajstić information content (AvgIpc) is 2.13. The van der Waals surface area contributed by atoms with Crippen molar-refractivity contribution in [2.24, 2.45) is 0 Å². The monoisotopic (exact) mass is 253 g/mol. The highest BCUT2D eigenvalue weighted by Crippen LogP contribution is 2.25. The fourth-order valence-electron chi connectivity index (χ4n) is 1.35. The highest BCUT2D eigenvalue weighted by atomic mass is 127. The molecule has 0 aromatic rings. The lowest BCUT2D eigenvalue weighted by Crippen LogP contribution is -2.30. The van der Waals surface area contributed by atoms with Crippen molar-refractivity contribution in [3.8, 4) is 0 Å². The van der Waals surface area contributed by atoms with Crippen LogP contribution in [0.25, 0.3) is 0 Å². The summed E-state index contributed by atoms with van der Waals surface area (Å²) in [6.45, 7) is 1.58. The molecule has 0 spiro atoms. The molecule has 0 unspecified atom stereocenters. The highest BCUT2D eigenvalue weighted by molar-refractivity contribution is 14.1. The lowest BCUT2D eigenvalue weighted by Gasteiger charge is -2.08. The number of carbonyl (C=O) groups excluding carboxylic acids is 1. The third-order valence-corrected chi connectivity index (χ3v) is 2.91. The van der Waals surface area contributed by atoms with Crippen molar-refractivity contribution in [2.45, 2.75) is 36.2 Å². The lowest BCUT2D eigenvalue weighted by atomic mass is 10.2. The fraction of sp³-hybridized carbons (Fsp3) is 0.857. The molecule has 0 bridgehead atoms. The summed E-state index contributed by atoms with van der Waals surface area (Å²) in [6.07, 6.45) is 3.57. The SMILES string of the molecule is CC(=O)N[C@H]1CC[C@H](I)C1. The molecule has 1 saturated carbocycles. The topological polar surface area (TPSA) is 29.1 Å². The van der Waals surface area contributed by atoms with E-state index in [1.807, 2.05) is 0 Å². The Balaban J connectivity index is 2.24. The number of amides is 1. The molecule has 0 heterocycles. The molecule has 0 radical (unpaired) electrons. The van der Waals surface area contributed by atoms with E-state index in [0.29, 0.717) is 6.04 Å². The second kappa shape index (κ2) is 3.55. The summed E-state index contributed by atoms with van der Waals surface area (Å²) in [6, 6.07) is 0.458. The minimum Gasteiger partial charge on any atom is -0.354 e. The minimum absolute atomic E-state index is 0.107. The van der Waals surface area contributed by atoms with Crippen LogP contribution >= 0.6 is 22.6 Å². The number of hydrogen-bond donors (Lipinski definition) is 1. The molecular formula is C7H12INO. The van der Waals surface area contributed by atoms with Gasteiger partial charge in [0.1, 0.15) is 0 Å². The second-order valence-electron chi connectivity index (χ2n) is 2.81. The van der Waals surface area contributed by atoms with Gasteiger partial charge in [0.25, 0.3) is 0 Å². The summed E-state index contributed by atoms with van der Waals surface area (Å²) in [5.41, 5.74) is 0. The molecule has 1 rings (SSSR count). The van der Waals surface area contributed by atoms with Crippen LogP contribution in [-0.2, 0) is 4.79 Å². The number of rotatable bonds is 1. The molecule has 10 heavy (non-hydrogen) atoms. The molecule has 0 aromatic heterocycles. The average molecular weight is 253 g/mol. The van der Waals surface area contributed by atoms with E-state index in [4.69, 9.17) is 0 Å². The molecule has 58 valence electrons. The van der Waals surface area contributed by atoms with Crippen LogP contribution in [0.2, 0.25) is 0 Å². The van der Waals surface area contributed by atoms with Gasteiger partial charge in [-0.3, -0.25) is 4.79 Å². The zero-order valence-corrected chi connectivity index (χ0v) is 8.22. The normalized spacial score (nSPS) is 32.2. The van der Waals surface area contributed by atoms with Gasteiger partial charge in [0.2, 0.25) is 5.91 Å². The zero-order valence-electron chi connectivity index (χ0n) is 6.06. The predicted octanol–water partition coefficient (Wildman–Crippen LogP) is 1.48. The lowest BCUT2D eigenvalue weighted by molar-refractivity contribution is -0.119. The maximum atomic E-state index is 10.6. The highest BCUT2D eigenvalue weighted by Gasteiger charge is 2.22. The molecule has 1 aliphatic rings. The van der Waals surface area contributed by atoms with Gasteiger partial charge in [-0.05, 0) is 19.3 Å². The second-order valence-corrected chi connectivity index (χ2v) is 4.57. The van der Waals surface area contributed by atoms with Crippen molar-refractivity contribution in [2.75, 3.05) is 0 Å². The van der Waals surface area contributed by atoms with Gasteiger partial charge in [-0.2, -0.15) is 0 Å². The van der Waals surface area contributed by atoms with Gasteiger partial charge >= 0.3 is 0 Å². The summed E-state index contributed by atoms with van der Waals surface area (Å²) < 4.78 is 0.773. The van der Waals surface area contributed by atoms with Crippen molar-refractivity contribution in [1.29, 1.82) is 0 Å². The van der Waals surface area contributed by atoms with Gasteiger partial charge in [-0.15, -0.1) is 0 Å². The van der Waals surface area contributed by atoms with E-state index in [0.717, 1.165) is 16.8 Å². The summed E-state index contributed by atoms with van der Waals surface area (Å²) in [7, 11) is 0. The molecule has 3 heteroatoms. The summed E-state index contributed by atoms with van der Waals surface area (Å²) >= 11 is 2.44. The van der Waals surface area contributed by atoms with Crippen LogP contribution in [0.5, 0.6) is 0 Å². The number of nitrogens with one attached hydrogen (secondary N) is 1. The number of hydrogen-bond acceptors (Lipinski definition) is 1. The molecule has 1 aliphatic carbocycles. The Labute approximate surface area is 74.9 Å². The van der Waals surface area contributed by atoms with Crippen LogP contribution in [0.15, 0.2) is 0 Å². The summed E-state index contributed by atoms with van der Waals surface area (Å²) in [5.74, 6) is 0.107. The molecule has 1 amide bonds. The third-order valence-electron chi connectivity index (χ3n) is 1.78. The van der Waals surface area contributed by atoms with Gasteiger partial charge in [0.15, 0.2) is 0 Å². The van der Waals surface area contributed by atoms with E-state index in [1.165, 1.54) is 6.42 Å². The van der Waals surface area contributed by atoms with Crippen LogP contribution in [0, 0.1) is 0 Å². The number of alkyl halides is 1. The molecule has 1 fully saturated rings. The maximum absolute atomic E-state index is 10.6. The van der Waals surface area contributed by atoms with Crippen LogP contribution in [0.1, 0.15) is 26.2 Å². The molecule has 0 aliphatic heterocycles. The van der Waals surface area contributed by atoms with Gasteiger partial charge in [-0.25, -0.2) is 0 Å². The van der Waals surface area contributed by atoms with Crippen molar-refractivity contribution in [3.63, 3.8) is 0 Å². The van der Waals surface area contributed by atoms with Gasteiger partial charge in [0, 0.05) is 16.9 Å². The van der Waals surface area contributed by atoms with E-state index < -0.39 is 0 Å². The minimum atomic E-state index is 0.107. The smallest absolute Gasteiger partial charge is 0.217 e. The standard InChI is InChI=1S/C7H12INO/c1-5(10)9-7-3-2-6(8)4-7/h6-7H,2-4H2,1H3,(H,9,10)/t6-,7-/m0/s1. The Kier molecular flexibility index (Phi) is 2.95. The quantitative estimate of drug-likeness (QED) is 0.556. The number of carbonyl (C=O) groups is 1. The zero-order chi connectivity index (χ0) is 7.56. The maximum Gasteiger partial charge on any atom is 0.217 e. The molecule has 2 nitrogen and oxygen atoms in total. The van der Waals surface area contributed by atoms with Gasteiger partial charge in [-0.1, -0.05) is 22.6 Å². The van der Waals surface area contributed by atoms with Gasteiger partial charge in [0.05, 0.1) is 0 Å². The van der Waals surface area contributed by atoms with Crippen LogP contribution in [0.3, 0.4) is 0 Å². The van der Waals surface area contributed by atoms with E-state index in [-0.39, 0.29) is 5.91 Å². The Morgan fingerprint density at radius 2 is 2.30 bits per heavy atom. The van der Waals surface area contributed by atoms with E-state index in [9.17, 15) is 4.79 Å². The first-order valence-corrected chi connectivity index (χ1v) is 4.84. The van der Waals surface area contributed by atoms with Crippen molar-refractivity contribution >= 4 is 28.5 Å². The largest absolute Gasteiger partial charge is 0.354 e. The van der Waals surface area contributed by atoms with Crippen molar-refractivity contribution in [1.82, 2.24) is 5.32 Å². The first kappa shape index (κ1) is 8.30. The Bertz CT molecular complexity index is 138. The molecular weight excluding hydrogens is 241 g/mol. The number of halogens is 1. The molecule has 1 N–H and O–H groups in total.